The summed E-state index contributed by atoms with van der Waals surface area (Å²) >= 11 is 1.88. The van der Waals surface area contributed by atoms with Crippen molar-refractivity contribution in [3.8, 4) is 0 Å². The van der Waals surface area contributed by atoms with Gasteiger partial charge in [-0.3, -0.25) is 4.99 Å². The Kier molecular flexibility index (Phi) is 6.79. The van der Waals surface area contributed by atoms with E-state index in [1.54, 1.807) is 20.9 Å². The summed E-state index contributed by atoms with van der Waals surface area (Å²) < 4.78 is 23.5. The molecular formula is C18H29N3O2S2. The minimum Gasteiger partial charge on any atom is -0.355 e. The van der Waals surface area contributed by atoms with Crippen LogP contribution in [0.25, 0.3) is 0 Å². The second-order valence-corrected chi connectivity index (χ2v) is 10.9. The van der Waals surface area contributed by atoms with Gasteiger partial charge in [0.1, 0.15) is 0 Å². The zero-order valence-corrected chi connectivity index (χ0v) is 17.2. The molecule has 0 unspecified atom stereocenters. The zero-order valence-electron chi connectivity index (χ0n) is 15.6. The summed E-state index contributed by atoms with van der Waals surface area (Å²) in [6, 6.07) is 8.63. The van der Waals surface area contributed by atoms with E-state index in [0.717, 1.165) is 24.0 Å². The van der Waals surface area contributed by atoms with Gasteiger partial charge in [-0.1, -0.05) is 29.8 Å². The quantitative estimate of drug-likeness (QED) is 0.480. The average Bonchev–Trinajstić information content (AvgIpc) is 2.55. The summed E-state index contributed by atoms with van der Waals surface area (Å²) in [5, 5.41) is 3.36. The normalized spacial score (nSPS) is 19.7. The van der Waals surface area contributed by atoms with Gasteiger partial charge < -0.3 is 10.2 Å². The number of benzene rings is 1. The fourth-order valence-corrected chi connectivity index (χ4v) is 4.95. The highest BCUT2D eigenvalue weighted by molar-refractivity contribution is 7.98. The molecule has 1 aliphatic rings. The number of hydrogen-bond donors (Lipinski definition) is 1. The van der Waals surface area contributed by atoms with Crippen molar-refractivity contribution in [3.63, 3.8) is 0 Å². The molecule has 0 spiro atoms. The van der Waals surface area contributed by atoms with Gasteiger partial charge in [0.15, 0.2) is 15.8 Å². The SMILES string of the molecule is CN=C(NCCSCc1ccc(C)cc1)N1CCS(=O)(=O)C(C)(C)C1. The van der Waals surface area contributed by atoms with Crippen molar-refractivity contribution < 1.29 is 8.42 Å². The van der Waals surface area contributed by atoms with Gasteiger partial charge in [0.2, 0.25) is 0 Å². The van der Waals surface area contributed by atoms with E-state index in [0.29, 0.717) is 13.1 Å². The van der Waals surface area contributed by atoms with Gasteiger partial charge in [0.25, 0.3) is 0 Å². The first-order chi connectivity index (χ1) is 11.7. The average molecular weight is 384 g/mol. The molecule has 140 valence electrons. The number of sulfone groups is 1. The first kappa shape index (κ1) is 20.1. The summed E-state index contributed by atoms with van der Waals surface area (Å²) in [6.45, 7) is 7.47. The topological polar surface area (TPSA) is 61.8 Å². The van der Waals surface area contributed by atoms with Gasteiger partial charge in [-0.15, -0.1) is 0 Å². The summed E-state index contributed by atoms with van der Waals surface area (Å²) in [7, 11) is -1.28. The number of aliphatic imine (C=N–C) groups is 1. The lowest BCUT2D eigenvalue weighted by Crippen LogP contribution is -2.57. The number of nitrogens with one attached hydrogen (secondary N) is 1. The standard InChI is InChI=1S/C18H29N3O2S2/c1-15-5-7-16(8-6-15)13-24-11-9-20-17(19-4)21-10-12-25(22,23)18(2,3)14-21/h5-8H,9-14H2,1-4H3,(H,19,20). The molecule has 0 atom stereocenters. The molecule has 0 radical (unpaired) electrons. The van der Waals surface area contributed by atoms with Crippen LogP contribution in [0, 0.1) is 6.92 Å². The molecule has 0 bridgehead atoms. The number of nitrogens with zero attached hydrogens (tertiary/aromatic N) is 2. The van der Waals surface area contributed by atoms with E-state index in [-0.39, 0.29) is 5.75 Å². The van der Waals surface area contributed by atoms with Crippen LogP contribution in [0.3, 0.4) is 0 Å². The van der Waals surface area contributed by atoms with Crippen LogP contribution < -0.4 is 5.32 Å². The van der Waals surface area contributed by atoms with E-state index in [1.165, 1.54) is 11.1 Å². The molecule has 1 heterocycles. The largest absolute Gasteiger partial charge is 0.355 e. The van der Waals surface area contributed by atoms with Crippen LogP contribution in [-0.4, -0.2) is 62.2 Å². The minimum atomic E-state index is -3.03. The predicted octanol–water partition coefficient (Wildman–Crippen LogP) is 2.31. The fraction of sp³-hybridized carbons (Fsp3) is 0.611. The Bertz CT molecular complexity index is 698. The molecule has 7 heteroatoms. The fourth-order valence-electron chi connectivity index (χ4n) is 2.77. The van der Waals surface area contributed by atoms with E-state index in [1.807, 2.05) is 16.7 Å². The Morgan fingerprint density at radius 2 is 2.00 bits per heavy atom. The van der Waals surface area contributed by atoms with Crippen molar-refractivity contribution in [2.45, 2.75) is 31.3 Å². The van der Waals surface area contributed by atoms with Crippen LogP contribution in [0.1, 0.15) is 25.0 Å². The van der Waals surface area contributed by atoms with Crippen molar-refractivity contribution in [3.05, 3.63) is 35.4 Å². The second-order valence-electron chi connectivity index (χ2n) is 7.01. The van der Waals surface area contributed by atoms with Gasteiger partial charge in [-0.2, -0.15) is 11.8 Å². The Hall–Kier alpha value is -1.21. The summed E-state index contributed by atoms with van der Waals surface area (Å²) in [5.41, 5.74) is 2.62. The lowest BCUT2D eigenvalue weighted by molar-refractivity contribution is 0.354. The molecule has 0 amide bonds. The second kappa shape index (κ2) is 8.45. The first-order valence-electron chi connectivity index (χ1n) is 8.56. The lowest BCUT2D eigenvalue weighted by Gasteiger charge is -2.39. The Balaban J connectivity index is 1.76. The van der Waals surface area contributed by atoms with E-state index in [2.05, 4.69) is 41.5 Å². The molecule has 1 N–H and O–H groups in total. The number of thioether (sulfide) groups is 1. The minimum absolute atomic E-state index is 0.183. The maximum absolute atomic E-state index is 12.1. The molecule has 0 aromatic heterocycles. The van der Waals surface area contributed by atoms with Gasteiger partial charge >= 0.3 is 0 Å². The maximum Gasteiger partial charge on any atom is 0.193 e. The Morgan fingerprint density at radius 1 is 1.32 bits per heavy atom. The highest BCUT2D eigenvalue weighted by Gasteiger charge is 2.40. The highest BCUT2D eigenvalue weighted by atomic mass is 32.2. The van der Waals surface area contributed by atoms with Crippen molar-refractivity contribution in [2.24, 2.45) is 4.99 Å². The summed E-state index contributed by atoms with van der Waals surface area (Å²) in [5.74, 6) is 2.94. The van der Waals surface area contributed by atoms with Gasteiger partial charge in [0.05, 0.1) is 10.5 Å². The molecule has 1 aromatic rings. The molecule has 25 heavy (non-hydrogen) atoms. The number of aryl methyl sites for hydroxylation is 1. The predicted molar refractivity (Wildman–Crippen MR) is 108 cm³/mol. The molecule has 1 fully saturated rings. The van der Waals surface area contributed by atoms with Crippen LogP contribution in [0.2, 0.25) is 0 Å². The smallest absolute Gasteiger partial charge is 0.193 e. The third kappa shape index (κ3) is 5.38. The molecule has 1 saturated heterocycles. The van der Waals surface area contributed by atoms with Gasteiger partial charge in [0, 0.05) is 38.2 Å². The van der Waals surface area contributed by atoms with Crippen LogP contribution in [-0.2, 0) is 15.6 Å². The van der Waals surface area contributed by atoms with E-state index < -0.39 is 14.6 Å². The highest BCUT2D eigenvalue weighted by Crippen LogP contribution is 2.23. The molecule has 5 nitrogen and oxygen atoms in total. The van der Waals surface area contributed by atoms with E-state index in [9.17, 15) is 8.42 Å². The van der Waals surface area contributed by atoms with Crippen LogP contribution in [0.15, 0.2) is 29.3 Å². The maximum atomic E-state index is 12.1. The van der Waals surface area contributed by atoms with Crippen LogP contribution >= 0.6 is 11.8 Å². The Morgan fingerprint density at radius 3 is 2.60 bits per heavy atom. The number of guanidine groups is 1. The van der Waals surface area contributed by atoms with Gasteiger partial charge in [-0.25, -0.2) is 8.42 Å². The zero-order chi connectivity index (χ0) is 18.5. The molecule has 1 aromatic carbocycles. The Labute approximate surface area is 156 Å². The van der Waals surface area contributed by atoms with Gasteiger partial charge in [-0.05, 0) is 26.3 Å². The molecule has 0 aliphatic carbocycles. The summed E-state index contributed by atoms with van der Waals surface area (Å²) in [4.78, 5) is 6.37. The molecule has 0 saturated carbocycles. The van der Waals surface area contributed by atoms with Crippen molar-refractivity contribution in [1.82, 2.24) is 10.2 Å². The summed E-state index contributed by atoms with van der Waals surface area (Å²) in [6.07, 6.45) is 0. The lowest BCUT2D eigenvalue weighted by atomic mass is 10.2. The van der Waals surface area contributed by atoms with Crippen molar-refractivity contribution >= 4 is 27.6 Å². The molecule has 1 aliphatic heterocycles. The third-order valence-electron chi connectivity index (χ3n) is 4.47. The number of rotatable bonds is 5. The number of hydrogen-bond acceptors (Lipinski definition) is 4. The van der Waals surface area contributed by atoms with E-state index >= 15 is 0 Å². The van der Waals surface area contributed by atoms with Crippen molar-refractivity contribution in [1.29, 1.82) is 0 Å². The van der Waals surface area contributed by atoms with Crippen LogP contribution in [0.4, 0.5) is 0 Å². The molecule has 2 rings (SSSR count). The van der Waals surface area contributed by atoms with Crippen molar-refractivity contribution in [2.75, 3.05) is 38.2 Å². The molecular weight excluding hydrogens is 354 g/mol. The first-order valence-corrected chi connectivity index (χ1v) is 11.4. The van der Waals surface area contributed by atoms with E-state index in [4.69, 9.17) is 0 Å². The monoisotopic (exact) mass is 383 g/mol. The third-order valence-corrected chi connectivity index (χ3v) is 8.04. The van der Waals surface area contributed by atoms with Crippen LogP contribution in [0.5, 0.6) is 0 Å².